The van der Waals surface area contributed by atoms with Crippen LogP contribution in [0.15, 0.2) is 0 Å². The Labute approximate surface area is 92.0 Å². The maximum atomic E-state index is 9.01. The van der Waals surface area contributed by atoms with Gasteiger partial charge in [0, 0.05) is 26.3 Å². The minimum absolute atomic E-state index is 0.0138. The molecule has 1 heterocycles. The van der Waals surface area contributed by atoms with Gasteiger partial charge in [0.15, 0.2) is 0 Å². The molecule has 0 unspecified atom stereocenters. The van der Waals surface area contributed by atoms with Gasteiger partial charge in [0.05, 0.1) is 11.5 Å². The molecule has 1 saturated carbocycles. The van der Waals surface area contributed by atoms with Crippen LogP contribution in [0.25, 0.3) is 0 Å². The molecule has 2 aliphatic rings. The quantitative estimate of drug-likeness (QED) is 0.705. The van der Waals surface area contributed by atoms with E-state index in [0.29, 0.717) is 0 Å². The van der Waals surface area contributed by atoms with Crippen molar-refractivity contribution < 1.29 is 4.74 Å². The van der Waals surface area contributed by atoms with E-state index in [1.54, 1.807) is 0 Å². The Bertz CT molecular complexity index is 249. The first-order valence-electron chi connectivity index (χ1n) is 5.92. The van der Waals surface area contributed by atoms with Crippen LogP contribution in [-0.2, 0) is 4.74 Å². The third-order valence-electron chi connectivity index (χ3n) is 3.57. The zero-order chi connectivity index (χ0) is 10.7. The summed E-state index contributed by atoms with van der Waals surface area (Å²) in [7, 11) is 2.15. The average molecular weight is 208 g/mol. The predicted octanol–water partition coefficient (Wildman–Crippen LogP) is 1.65. The molecule has 3 nitrogen and oxygen atoms in total. The van der Waals surface area contributed by atoms with Crippen LogP contribution in [-0.4, -0.2) is 38.3 Å². The summed E-state index contributed by atoms with van der Waals surface area (Å²) in [5.41, 5.74) is 0.0138. The van der Waals surface area contributed by atoms with Gasteiger partial charge in [-0.2, -0.15) is 5.26 Å². The summed E-state index contributed by atoms with van der Waals surface area (Å²) >= 11 is 0. The van der Waals surface area contributed by atoms with Crippen LogP contribution in [0.1, 0.15) is 25.7 Å². The molecule has 2 fully saturated rings. The first-order chi connectivity index (χ1) is 7.24. The topological polar surface area (TPSA) is 36.3 Å². The molecule has 1 aliphatic heterocycles. The maximum Gasteiger partial charge on any atom is 0.0703 e. The largest absolute Gasteiger partial charge is 0.381 e. The van der Waals surface area contributed by atoms with Gasteiger partial charge in [-0.25, -0.2) is 0 Å². The Balaban J connectivity index is 1.72. The molecule has 0 aromatic heterocycles. The maximum absolute atomic E-state index is 9.01. The van der Waals surface area contributed by atoms with Crippen molar-refractivity contribution in [1.82, 2.24) is 4.90 Å². The molecular weight excluding hydrogens is 188 g/mol. The minimum Gasteiger partial charge on any atom is -0.381 e. The lowest BCUT2D eigenvalue weighted by molar-refractivity contribution is 0.0544. The van der Waals surface area contributed by atoms with Gasteiger partial charge in [-0.3, -0.25) is 0 Å². The molecule has 84 valence electrons. The zero-order valence-electron chi connectivity index (χ0n) is 9.54. The summed E-state index contributed by atoms with van der Waals surface area (Å²) in [5, 5.41) is 9.01. The number of nitriles is 1. The summed E-state index contributed by atoms with van der Waals surface area (Å²) in [4.78, 5) is 2.34. The van der Waals surface area contributed by atoms with E-state index in [2.05, 4.69) is 18.0 Å². The molecule has 0 bridgehead atoms. The molecule has 0 radical (unpaired) electrons. The molecular formula is C12H20N2O. The standard InChI is InChI=1S/C12H20N2O/c1-14(10-12(9-13)4-5-12)8-11-2-6-15-7-3-11/h11H,2-8,10H2,1H3. The highest BCUT2D eigenvalue weighted by Crippen LogP contribution is 2.45. The third-order valence-corrected chi connectivity index (χ3v) is 3.57. The van der Waals surface area contributed by atoms with Gasteiger partial charge in [-0.05, 0) is 38.6 Å². The van der Waals surface area contributed by atoms with E-state index in [0.717, 1.165) is 45.1 Å². The molecule has 3 heteroatoms. The molecule has 15 heavy (non-hydrogen) atoms. The highest BCUT2D eigenvalue weighted by atomic mass is 16.5. The van der Waals surface area contributed by atoms with Gasteiger partial charge in [0.25, 0.3) is 0 Å². The van der Waals surface area contributed by atoms with Crippen LogP contribution in [0.3, 0.4) is 0 Å². The van der Waals surface area contributed by atoms with Crippen LogP contribution in [0, 0.1) is 22.7 Å². The fourth-order valence-corrected chi connectivity index (χ4v) is 2.41. The SMILES string of the molecule is CN(CC1CCOCC1)CC1(C#N)CC1. The van der Waals surface area contributed by atoms with E-state index in [-0.39, 0.29) is 5.41 Å². The Kier molecular flexibility index (Phi) is 3.28. The van der Waals surface area contributed by atoms with Crippen molar-refractivity contribution in [1.29, 1.82) is 5.26 Å². The Morgan fingerprint density at radius 1 is 1.40 bits per heavy atom. The lowest BCUT2D eigenvalue weighted by atomic mass is 9.99. The molecule has 1 aliphatic carbocycles. The van der Waals surface area contributed by atoms with Gasteiger partial charge in [0.2, 0.25) is 0 Å². The second-order valence-corrected chi connectivity index (χ2v) is 5.14. The van der Waals surface area contributed by atoms with Crippen molar-refractivity contribution in [3.05, 3.63) is 0 Å². The van der Waals surface area contributed by atoms with Crippen molar-refractivity contribution in [2.75, 3.05) is 33.4 Å². The smallest absolute Gasteiger partial charge is 0.0703 e. The second-order valence-electron chi connectivity index (χ2n) is 5.14. The first-order valence-corrected chi connectivity index (χ1v) is 5.92. The Hall–Kier alpha value is -0.590. The molecule has 0 aromatic carbocycles. The van der Waals surface area contributed by atoms with Crippen LogP contribution >= 0.6 is 0 Å². The second kappa shape index (κ2) is 4.51. The highest BCUT2D eigenvalue weighted by Gasteiger charge is 2.43. The van der Waals surface area contributed by atoms with E-state index in [9.17, 15) is 0 Å². The fourth-order valence-electron chi connectivity index (χ4n) is 2.41. The van der Waals surface area contributed by atoms with Crippen LogP contribution < -0.4 is 0 Å². The summed E-state index contributed by atoms with van der Waals surface area (Å²) in [6.45, 7) is 3.93. The van der Waals surface area contributed by atoms with Crippen molar-refractivity contribution >= 4 is 0 Å². The lowest BCUT2D eigenvalue weighted by Gasteiger charge is -2.28. The lowest BCUT2D eigenvalue weighted by Crippen LogP contribution is -2.33. The van der Waals surface area contributed by atoms with Crippen molar-refractivity contribution in [2.45, 2.75) is 25.7 Å². The molecule has 1 saturated heterocycles. The molecule has 0 spiro atoms. The molecule has 2 rings (SSSR count). The van der Waals surface area contributed by atoms with Crippen LogP contribution in [0.2, 0.25) is 0 Å². The van der Waals surface area contributed by atoms with Crippen LogP contribution in [0.4, 0.5) is 0 Å². The molecule has 0 amide bonds. The van der Waals surface area contributed by atoms with E-state index < -0.39 is 0 Å². The number of rotatable bonds is 4. The zero-order valence-corrected chi connectivity index (χ0v) is 9.54. The van der Waals surface area contributed by atoms with E-state index in [1.165, 1.54) is 12.8 Å². The summed E-state index contributed by atoms with van der Waals surface area (Å²) in [6.07, 6.45) is 4.57. The van der Waals surface area contributed by atoms with Crippen molar-refractivity contribution in [2.24, 2.45) is 11.3 Å². The predicted molar refractivity (Wildman–Crippen MR) is 58.3 cm³/mol. The number of ether oxygens (including phenoxy) is 1. The van der Waals surface area contributed by atoms with Gasteiger partial charge in [-0.1, -0.05) is 0 Å². The normalized spacial score (nSPS) is 25.1. The van der Waals surface area contributed by atoms with Gasteiger partial charge < -0.3 is 9.64 Å². The summed E-state index contributed by atoms with van der Waals surface area (Å²) < 4.78 is 5.34. The monoisotopic (exact) mass is 208 g/mol. The molecule has 0 atom stereocenters. The highest BCUT2D eigenvalue weighted by molar-refractivity contribution is 5.11. The minimum atomic E-state index is 0.0138. The fraction of sp³-hybridized carbons (Fsp3) is 0.917. The summed E-state index contributed by atoms with van der Waals surface area (Å²) in [5.74, 6) is 0.776. The van der Waals surface area contributed by atoms with Gasteiger partial charge in [0.1, 0.15) is 0 Å². The number of nitrogens with zero attached hydrogens (tertiary/aromatic N) is 2. The number of hydrogen-bond donors (Lipinski definition) is 0. The Morgan fingerprint density at radius 3 is 2.60 bits per heavy atom. The molecule has 0 N–H and O–H groups in total. The van der Waals surface area contributed by atoms with Gasteiger partial charge >= 0.3 is 0 Å². The van der Waals surface area contributed by atoms with Crippen molar-refractivity contribution in [3.8, 4) is 6.07 Å². The van der Waals surface area contributed by atoms with E-state index in [4.69, 9.17) is 10.00 Å². The van der Waals surface area contributed by atoms with Crippen molar-refractivity contribution in [3.63, 3.8) is 0 Å². The number of hydrogen-bond acceptors (Lipinski definition) is 3. The van der Waals surface area contributed by atoms with E-state index >= 15 is 0 Å². The summed E-state index contributed by atoms with van der Waals surface area (Å²) in [6, 6.07) is 2.45. The first kappa shape index (κ1) is 10.9. The van der Waals surface area contributed by atoms with Gasteiger partial charge in [-0.15, -0.1) is 0 Å². The van der Waals surface area contributed by atoms with E-state index in [1.807, 2.05) is 0 Å². The Morgan fingerprint density at radius 2 is 2.07 bits per heavy atom. The van der Waals surface area contributed by atoms with Crippen LogP contribution in [0.5, 0.6) is 0 Å². The molecule has 0 aromatic rings. The average Bonchev–Trinajstić information content (AvgIpc) is 3.00. The third kappa shape index (κ3) is 2.93.